The second-order valence-electron chi connectivity index (χ2n) is 7.31. The molecule has 1 N–H and O–H groups in total. The lowest BCUT2D eigenvalue weighted by Gasteiger charge is -2.38. The first-order valence-corrected chi connectivity index (χ1v) is 9.76. The number of nitrogens with one attached hydrogen (secondary N) is 1. The van der Waals surface area contributed by atoms with Gasteiger partial charge in [0.1, 0.15) is 5.82 Å². The summed E-state index contributed by atoms with van der Waals surface area (Å²) < 4.78 is 13.9. The van der Waals surface area contributed by atoms with E-state index in [1.54, 1.807) is 12.3 Å². The van der Waals surface area contributed by atoms with Crippen LogP contribution in [-0.2, 0) is 6.54 Å². The molecule has 0 aliphatic carbocycles. The van der Waals surface area contributed by atoms with Crippen LogP contribution in [0.15, 0.2) is 54.7 Å². The number of benzene rings is 2. The monoisotopic (exact) mass is 383 g/mol. The molecule has 5 heteroatoms. The van der Waals surface area contributed by atoms with Crippen LogP contribution in [0.4, 0.5) is 10.1 Å². The summed E-state index contributed by atoms with van der Waals surface area (Å²) in [7, 11) is 0. The molecule has 4 rings (SSSR count). The Bertz CT molecular complexity index is 931. The average Bonchev–Trinajstić information content (AvgIpc) is 2.66. The highest BCUT2D eigenvalue weighted by molar-refractivity contribution is 6.31. The highest BCUT2D eigenvalue weighted by Gasteiger charge is 2.25. The number of rotatable bonds is 4. The third-order valence-electron chi connectivity index (χ3n) is 5.39. The van der Waals surface area contributed by atoms with Crippen molar-refractivity contribution in [3.63, 3.8) is 0 Å². The van der Waals surface area contributed by atoms with Crippen molar-refractivity contribution < 1.29 is 4.39 Å². The van der Waals surface area contributed by atoms with Crippen LogP contribution in [0.1, 0.15) is 25.3 Å². The molecule has 3 aromatic rings. The van der Waals surface area contributed by atoms with E-state index in [0.29, 0.717) is 17.6 Å². The minimum Gasteiger partial charge on any atom is -0.382 e. The zero-order valence-corrected chi connectivity index (χ0v) is 16.1. The molecular formula is C22H23ClFN3. The third kappa shape index (κ3) is 4.07. The number of halogens is 2. The number of nitrogens with zero attached hydrogens (tertiary/aromatic N) is 2. The highest BCUT2D eigenvalue weighted by atomic mass is 35.5. The molecule has 1 aliphatic rings. The Kier molecular flexibility index (Phi) is 5.28. The van der Waals surface area contributed by atoms with Gasteiger partial charge in [0.05, 0.1) is 10.5 Å². The molecule has 0 amide bonds. The lowest BCUT2D eigenvalue weighted by molar-refractivity contribution is 0.145. The second kappa shape index (κ2) is 7.83. The van der Waals surface area contributed by atoms with E-state index in [0.717, 1.165) is 37.0 Å². The van der Waals surface area contributed by atoms with Crippen LogP contribution in [0, 0.1) is 5.82 Å². The quantitative estimate of drug-likeness (QED) is 0.645. The molecule has 0 bridgehead atoms. The molecule has 0 spiro atoms. The second-order valence-corrected chi connectivity index (χ2v) is 7.72. The Morgan fingerprint density at radius 3 is 2.81 bits per heavy atom. The SMILES string of the molecule is CC1CC(Nc2ccnc3cc(Cl)c(F)cc23)CCN1Cc1ccccc1. The number of likely N-dealkylation sites (tertiary alicyclic amines) is 1. The predicted octanol–water partition coefficient (Wildman–Crippen LogP) is 5.49. The molecule has 0 saturated carbocycles. The summed E-state index contributed by atoms with van der Waals surface area (Å²) in [5.41, 5.74) is 2.98. The van der Waals surface area contributed by atoms with Crippen molar-refractivity contribution in [3.05, 3.63) is 71.1 Å². The molecule has 140 valence electrons. The molecule has 2 heterocycles. The van der Waals surface area contributed by atoms with Gasteiger partial charge in [-0.15, -0.1) is 0 Å². The molecule has 1 fully saturated rings. The first kappa shape index (κ1) is 18.2. The molecule has 1 aliphatic heterocycles. The summed E-state index contributed by atoms with van der Waals surface area (Å²) in [4.78, 5) is 6.84. The van der Waals surface area contributed by atoms with Crippen LogP contribution in [0.3, 0.4) is 0 Å². The van der Waals surface area contributed by atoms with Crippen molar-refractivity contribution >= 4 is 28.2 Å². The maximum Gasteiger partial charge on any atom is 0.142 e. The standard InChI is InChI=1S/C22H23ClFN3/c1-15-11-17(8-10-27(15)14-16-5-3-2-4-6-16)26-21-7-9-25-22-13-19(23)20(24)12-18(21)22/h2-7,9,12-13,15,17H,8,10-11,14H2,1H3,(H,25,26). The van der Waals surface area contributed by atoms with Crippen LogP contribution in [0.2, 0.25) is 5.02 Å². The van der Waals surface area contributed by atoms with Gasteiger partial charge in [0.2, 0.25) is 0 Å². The minimum absolute atomic E-state index is 0.106. The van der Waals surface area contributed by atoms with Crippen molar-refractivity contribution in [1.82, 2.24) is 9.88 Å². The maximum atomic E-state index is 13.9. The minimum atomic E-state index is -0.411. The van der Waals surface area contributed by atoms with E-state index < -0.39 is 5.82 Å². The first-order chi connectivity index (χ1) is 13.1. The number of hydrogen-bond acceptors (Lipinski definition) is 3. The normalized spacial score (nSPS) is 20.7. The molecule has 2 atom stereocenters. The number of aromatic nitrogens is 1. The number of piperidine rings is 1. The molecule has 0 radical (unpaired) electrons. The molecule has 27 heavy (non-hydrogen) atoms. The van der Waals surface area contributed by atoms with E-state index in [4.69, 9.17) is 11.6 Å². The highest BCUT2D eigenvalue weighted by Crippen LogP contribution is 2.29. The van der Waals surface area contributed by atoms with Crippen molar-refractivity contribution in [1.29, 1.82) is 0 Å². The maximum absolute atomic E-state index is 13.9. The fourth-order valence-corrected chi connectivity index (χ4v) is 4.05. The number of pyridine rings is 1. The zero-order chi connectivity index (χ0) is 18.8. The van der Waals surface area contributed by atoms with Gasteiger partial charge in [-0.1, -0.05) is 41.9 Å². The van der Waals surface area contributed by atoms with E-state index in [9.17, 15) is 4.39 Å². The number of anilines is 1. The number of hydrogen-bond donors (Lipinski definition) is 1. The van der Waals surface area contributed by atoms with Crippen molar-refractivity contribution in [2.75, 3.05) is 11.9 Å². The summed E-state index contributed by atoms with van der Waals surface area (Å²) in [5.74, 6) is -0.411. The molecule has 1 saturated heterocycles. The molecular weight excluding hydrogens is 361 g/mol. The van der Waals surface area contributed by atoms with Crippen molar-refractivity contribution in [2.45, 2.75) is 38.4 Å². The van der Waals surface area contributed by atoms with E-state index in [-0.39, 0.29) is 5.02 Å². The van der Waals surface area contributed by atoms with E-state index in [2.05, 4.69) is 52.5 Å². The largest absolute Gasteiger partial charge is 0.382 e. The summed E-state index contributed by atoms with van der Waals surface area (Å²) >= 11 is 5.89. The van der Waals surface area contributed by atoms with Gasteiger partial charge in [0.15, 0.2) is 0 Å². The van der Waals surface area contributed by atoms with Gasteiger partial charge in [0, 0.05) is 42.4 Å². The Balaban J connectivity index is 1.46. The van der Waals surface area contributed by atoms with Gasteiger partial charge < -0.3 is 5.32 Å². The van der Waals surface area contributed by atoms with Crippen molar-refractivity contribution in [3.8, 4) is 0 Å². The van der Waals surface area contributed by atoms with Crippen LogP contribution >= 0.6 is 11.6 Å². The fraction of sp³-hybridized carbons (Fsp3) is 0.318. The Hall–Kier alpha value is -2.17. The third-order valence-corrected chi connectivity index (χ3v) is 5.68. The topological polar surface area (TPSA) is 28.2 Å². The summed E-state index contributed by atoms with van der Waals surface area (Å²) in [5, 5.41) is 4.49. The van der Waals surface area contributed by atoms with Gasteiger partial charge in [-0.05, 0) is 43.5 Å². The first-order valence-electron chi connectivity index (χ1n) is 9.38. The van der Waals surface area contributed by atoms with Gasteiger partial charge in [-0.3, -0.25) is 9.88 Å². The summed E-state index contributed by atoms with van der Waals surface area (Å²) in [6.45, 7) is 4.30. The average molecular weight is 384 g/mol. The van der Waals surface area contributed by atoms with Gasteiger partial charge in [0.25, 0.3) is 0 Å². The predicted molar refractivity (Wildman–Crippen MR) is 110 cm³/mol. The van der Waals surface area contributed by atoms with Gasteiger partial charge >= 0.3 is 0 Å². The van der Waals surface area contributed by atoms with E-state index in [1.165, 1.54) is 11.6 Å². The van der Waals surface area contributed by atoms with E-state index in [1.807, 2.05) is 6.07 Å². The van der Waals surface area contributed by atoms with Crippen LogP contribution in [-0.4, -0.2) is 28.5 Å². The molecule has 3 nitrogen and oxygen atoms in total. The number of fused-ring (bicyclic) bond motifs is 1. The molecule has 2 aromatic carbocycles. The Morgan fingerprint density at radius 1 is 1.22 bits per heavy atom. The Morgan fingerprint density at radius 2 is 2.04 bits per heavy atom. The zero-order valence-electron chi connectivity index (χ0n) is 15.3. The Labute approximate surface area is 164 Å². The molecule has 1 aromatic heterocycles. The van der Waals surface area contributed by atoms with Gasteiger partial charge in [-0.25, -0.2) is 4.39 Å². The van der Waals surface area contributed by atoms with Crippen LogP contribution < -0.4 is 5.32 Å². The van der Waals surface area contributed by atoms with Crippen molar-refractivity contribution in [2.24, 2.45) is 0 Å². The fourth-order valence-electron chi connectivity index (χ4n) is 3.89. The van der Waals surface area contributed by atoms with Gasteiger partial charge in [-0.2, -0.15) is 0 Å². The van der Waals surface area contributed by atoms with Crippen LogP contribution in [0.5, 0.6) is 0 Å². The summed E-state index contributed by atoms with van der Waals surface area (Å²) in [6.07, 6.45) is 3.84. The lowest BCUT2D eigenvalue weighted by Crippen LogP contribution is -2.44. The van der Waals surface area contributed by atoms with Crippen LogP contribution in [0.25, 0.3) is 10.9 Å². The smallest absolute Gasteiger partial charge is 0.142 e. The summed E-state index contributed by atoms with van der Waals surface area (Å²) in [6, 6.07) is 16.4. The molecule has 2 unspecified atom stereocenters. The van der Waals surface area contributed by atoms with E-state index >= 15 is 0 Å². The lowest BCUT2D eigenvalue weighted by atomic mass is 9.97.